The van der Waals surface area contributed by atoms with E-state index in [2.05, 4.69) is 42.6 Å². The van der Waals surface area contributed by atoms with E-state index in [0.29, 0.717) is 29.2 Å². The Hall–Kier alpha value is -1.35. The molecule has 0 heterocycles. The Morgan fingerprint density at radius 3 is 2.46 bits per heavy atom. The topological polar surface area (TPSA) is 55.1 Å². The lowest BCUT2D eigenvalue weighted by molar-refractivity contribution is -0.161. The summed E-state index contributed by atoms with van der Waals surface area (Å²) in [7, 11) is 0. The Morgan fingerprint density at radius 1 is 1.04 bits per heavy atom. The average molecular weight is 381 g/mol. The van der Waals surface area contributed by atoms with E-state index in [4.69, 9.17) is 5.73 Å². The molecule has 5 aliphatic rings. The molecule has 5 aliphatic carbocycles. The fraction of sp³-hybridized carbons (Fsp3) is 0.720. The zero-order valence-electron chi connectivity index (χ0n) is 17.4. The first-order chi connectivity index (χ1) is 13.4. The molecule has 1 aromatic carbocycles. The van der Waals surface area contributed by atoms with E-state index in [9.17, 15) is 4.79 Å². The van der Waals surface area contributed by atoms with Crippen molar-refractivity contribution in [2.75, 3.05) is 6.54 Å². The largest absolute Gasteiger partial charge is 0.353 e. The number of rotatable bonds is 4. The van der Waals surface area contributed by atoms with Crippen molar-refractivity contribution < 1.29 is 4.79 Å². The lowest BCUT2D eigenvalue weighted by Gasteiger charge is -2.65. The van der Waals surface area contributed by atoms with E-state index in [-0.39, 0.29) is 10.8 Å². The highest BCUT2D eigenvalue weighted by Gasteiger charge is 2.64. The van der Waals surface area contributed by atoms with Gasteiger partial charge in [0.05, 0.1) is 5.41 Å². The van der Waals surface area contributed by atoms with E-state index in [1.165, 1.54) is 37.7 Å². The molecule has 5 fully saturated rings. The normalized spacial score (nSPS) is 44.4. The highest BCUT2D eigenvalue weighted by Crippen LogP contribution is 2.70. The van der Waals surface area contributed by atoms with Crippen molar-refractivity contribution >= 4 is 5.91 Å². The summed E-state index contributed by atoms with van der Waals surface area (Å²) in [6.07, 6.45) is 11.7. The summed E-state index contributed by atoms with van der Waals surface area (Å²) in [6.45, 7) is 3.26. The van der Waals surface area contributed by atoms with Gasteiger partial charge in [-0.3, -0.25) is 4.79 Å². The molecule has 4 bridgehead atoms. The molecule has 0 spiro atoms. The summed E-state index contributed by atoms with van der Waals surface area (Å²) in [6, 6.07) is 11.5. The second-order valence-electron chi connectivity index (χ2n) is 11.2. The Labute approximate surface area is 169 Å². The lowest BCUT2D eigenvalue weighted by atomic mass is 9.38. The molecule has 0 aromatic heterocycles. The maximum atomic E-state index is 13.7. The maximum absolute atomic E-state index is 13.7. The third kappa shape index (κ3) is 3.01. The molecular weight excluding hydrogens is 344 g/mol. The van der Waals surface area contributed by atoms with Crippen LogP contribution in [0.5, 0.6) is 0 Å². The van der Waals surface area contributed by atoms with E-state index in [0.717, 1.165) is 38.6 Å². The van der Waals surface area contributed by atoms with Crippen molar-refractivity contribution in [3.63, 3.8) is 0 Å². The van der Waals surface area contributed by atoms with Crippen LogP contribution in [0.2, 0.25) is 0 Å². The standard InChI is InChI=1S/C25H36N2O/c1-23-11-19-12-24(15-23,20-5-3-2-4-6-20)17-25(13-19,16-23)22(28)27-21-9-7-18(14-26)8-10-21/h2-6,18-19,21H,7-17,26H2,1H3,(H,27,28)/t18?,19?,21?,23-,24-,25-/m1/s1. The quantitative estimate of drug-likeness (QED) is 0.805. The highest BCUT2D eigenvalue weighted by atomic mass is 16.2. The molecule has 3 N–H and O–H groups in total. The minimum atomic E-state index is -0.144. The fourth-order valence-electron chi connectivity index (χ4n) is 8.17. The molecule has 3 nitrogen and oxygen atoms in total. The van der Waals surface area contributed by atoms with Crippen molar-refractivity contribution in [1.29, 1.82) is 0 Å². The predicted molar refractivity (Wildman–Crippen MR) is 113 cm³/mol. The van der Waals surface area contributed by atoms with Crippen LogP contribution in [-0.4, -0.2) is 18.5 Å². The number of benzene rings is 1. The van der Waals surface area contributed by atoms with Crippen LogP contribution in [0.15, 0.2) is 30.3 Å². The molecule has 6 rings (SSSR count). The first-order valence-corrected chi connectivity index (χ1v) is 11.5. The number of carbonyl (C=O) groups is 1. The van der Waals surface area contributed by atoms with E-state index >= 15 is 0 Å². The van der Waals surface area contributed by atoms with Gasteiger partial charge in [-0.15, -0.1) is 0 Å². The minimum absolute atomic E-state index is 0.144. The number of hydrogen-bond donors (Lipinski definition) is 2. The minimum Gasteiger partial charge on any atom is -0.353 e. The van der Waals surface area contributed by atoms with Gasteiger partial charge in [-0.2, -0.15) is 0 Å². The van der Waals surface area contributed by atoms with Gasteiger partial charge in [0.1, 0.15) is 0 Å². The zero-order valence-corrected chi connectivity index (χ0v) is 17.4. The van der Waals surface area contributed by atoms with Gasteiger partial charge in [-0.25, -0.2) is 0 Å². The second kappa shape index (κ2) is 6.58. The number of nitrogens with two attached hydrogens (primary N) is 1. The first kappa shape index (κ1) is 18.7. The predicted octanol–water partition coefficient (Wildman–Crippen LogP) is 4.55. The average Bonchev–Trinajstić information content (AvgIpc) is 2.67. The van der Waals surface area contributed by atoms with E-state index in [1.54, 1.807) is 0 Å². The third-order valence-corrected chi connectivity index (χ3v) is 8.73. The van der Waals surface area contributed by atoms with Gasteiger partial charge < -0.3 is 11.1 Å². The van der Waals surface area contributed by atoms with Crippen LogP contribution in [0, 0.1) is 22.7 Å². The van der Waals surface area contributed by atoms with Crippen LogP contribution < -0.4 is 11.1 Å². The van der Waals surface area contributed by atoms with Crippen LogP contribution in [-0.2, 0) is 10.2 Å². The van der Waals surface area contributed by atoms with Crippen LogP contribution in [0.25, 0.3) is 0 Å². The Morgan fingerprint density at radius 2 is 1.79 bits per heavy atom. The zero-order chi connectivity index (χ0) is 19.4. The van der Waals surface area contributed by atoms with E-state index in [1.807, 2.05) is 0 Å². The van der Waals surface area contributed by atoms with E-state index < -0.39 is 0 Å². The van der Waals surface area contributed by atoms with Gasteiger partial charge in [0.2, 0.25) is 5.91 Å². The molecular formula is C25H36N2O. The monoisotopic (exact) mass is 380 g/mol. The molecule has 4 atom stereocenters. The van der Waals surface area contributed by atoms with Crippen molar-refractivity contribution in [2.45, 2.75) is 82.6 Å². The molecule has 1 unspecified atom stereocenters. The number of amides is 1. The van der Waals surface area contributed by atoms with Gasteiger partial charge in [-0.05, 0) is 99.0 Å². The van der Waals surface area contributed by atoms with Gasteiger partial charge >= 0.3 is 0 Å². The van der Waals surface area contributed by atoms with Crippen molar-refractivity contribution in [3.8, 4) is 0 Å². The highest BCUT2D eigenvalue weighted by molar-refractivity contribution is 5.84. The number of nitrogens with one attached hydrogen (secondary N) is 1. The molecule has 0 aliphatic heterocycles. The van der Waals surface area contributed by atoms with Crippen LogP contribution >= 0.6 is 0 Å². The smallest absolute Gasteiger partial charge is 0.226 e. The molecule has 5 saturated carbocycles. The molecule has 0 saturated heterocycles. The molecule has 0 radical (unpaired) electrons. The summed E-state index contributed by atoms with van der Waals surface area (Å²) >= 11 is 0. The molecule has 1 amide bonds. The lowest BCUT2D eigenvalue weighted by Crippen LogP contribution is -2.62. The van der Waals surface area contributed by atoms with Crippen LogP contribution in [0.3, 0.4) is 0 Å². The van der Waals surface area contributed by atoms with Crippen molar-refractivity contribution in [2.24, 2.45) is 28.4 Å². The Kier molecular flexibility index (Phi) is 4.39. The van der Waals surface area contributed by atoms with Crippen molar-refractivity contribution in [3.05, 3.63) is 35.9 Å². The summed E-state index contributed by atoms with van der Waals surface area (Å²) in [5.74, 6) is 1.74. The number of hydrogen-bond acceptors (Lipinski definition) is 2. The summed E-state index contributed by atoms with van der Waals surface area (Å²) in [5, 5.41) is 3.53. The maximum Gasteiger partial charge on any atom is 0.226 e. The van der Waals surface area contributed by atoms with Gasteiger partial charge in [0.15, 0.2) is 0 Å². The first-order valence-electron chi connectivity index (χ1n) is 11.5. The van der Waals surface area contributed by atoms with Gasteiger partial charge in [-0.1, -0.05) is 37.3 Å². The third-order valence-electron chi connectivity index (χ3n) is 8.73. The summed E-state index contributed by atoms with van der Waals surface area (Å²) < 4.78 is 0. The van der Waals surface area contributed by atoms with Crippen LogP contribution in [0.1, 0.15) is 76.7 Å². The van der Waals surface area contributed by atoms with Crippen molar-refractivity contribution in [1.82, 2.24) is 5.32 Å². The SMILES string of the molecule is C[C@]12CC3C[C@@](C(=O)NC4CCC(CN)CC4)(C1)C[C@@](c1ccccc1)(C3)C2. The van der Waals surface area contributed by atoms with Gasteiger partial charge in [0.25, 0.3) is 0 Å². The van der Waals surface area contributed by atoms with Gasteiger partial charge in [0, 0.05) is 6.04 Å². The van der Waals surface area contributed by atoms with Crippen LogP contribution in [0.4, 0.5) is 0 Å². The molecule has 3 heteroatoms. The Balaban J connectivity index is 1.39. The second-order valence-corrected chi connectivity index (χ2v) is 11.2. The summed E-state index contributed by atoms with van der Waals surface area (Å²) in [5.41, 5.74) is 7.72. The Bertz CT molecular complexity index is 740. The molecule has 152 valence electrons. The molecule has 28 heavy (non-hydrogen) atoms. The molecule has 1 aromatic rings. The fourth-order valence-corrected chi connectivity index (χ4v) is 8.17. The number of carbonyl (C=O) groups excluding carboxylic acids is 1. The summed E-state index contributed by atoms with van der Waals surface area (Å²) in [4.78, 5) is 13.7.